The number of aliphatic hydroxyl groups is 2. The molecule has 1 amide bonds. The standard InChI is InChI=1S/C37H47NO12/c1-16-11-10-12-17(2)36(46)38-23-15-24(40)26-27(32(23)44)31(43)21(6)34-28(26)35(45)37(8,50-34)48-14-13-25(47-9)18(3)33(49-22(7)39)20(5)30(42)19(4)29(16)41/h10-16,18-20,25,29-30,33,40-44H,1-9H3,(H,38,46)/b11-10-,14-13-,17-12?/t16-,18+,19-,20-,25+,29+,30-,33+,37+/m0/s1. The van der Waals surface area contributed by atoms with E-state index in [9.17, 15) is 39.9 Å². The highest BCUT2D eigenvalue weighted by Crippen LogP contribution is 2.53. The number of nitrogens with one attached hydrogen (secondary N) is 1. The summed E-state index contributed by atoms with van der Waals surface area (Å²) >= 11 is 0. The first-order valence-electron chi connectivity index (χ1n) is 16.4. The van der Waals surface area contributed by atoms with Gasteiger partial charge in [0.15, 0.2) is 5.75 Å². The molecule has 0 aliphatic carbocycles. The summed E-state index contributed by atoms with van der Waals surface area (Å²) in [6.45, 7) is 12.5. The number of phenols is 3. The molecule has 13 nitrogen and oxygen atoms in total. The number of fused-ring (bicyclic) bond motifs is 14. The van der Waals surface area contributed by atoms with E-state index in [1.165, 1.54) is 53.2 Å². The van der Waals surface area contributed by atoms with Crippen LogP contribution in [0.4, 0.5) is 5.69 Å². The number of anilines is 1. The maximum atomic E-state index is 13.9. The van der Waals surface area contributed by atoms with Crippen LogP contribution in [0.3, 0.4) is 0 Å². The lowest BCUT2D eigenvalue weighted by Gasteiger charge is -2.38. The summed E-state index contributed by atoms with van der Waals surface area (Å²) in [5.41, 5.74) is -0.0929. The molecule has 50 heavy (non-hydrogen) atoms. The number of Topliss-reactive ketones (excluding diaryl/α,β-unsaturated/α-hetero) is 1. The Morgan fingerprint density at radius 3 is 2.22 bits per heavy atom. The second-order valence-electron chi connectivity index (χ2n) is 13.4. The number of carbonyl (C=O) groups excluding carboxylic acids is 3. The highest BCUT2D eigenvalue weighted by atomic mass is 16.7. The van der Waals surface area contributed by atoms with Crippen LogP contribution in [0.15, 0.2) is 42.2 Å². The maximum absolute atomic E-state index is 13.9. The van der Waals surface area contributed by atoms with Crippen molar-refractivity contribution in [3.8, 4) is 23.0 Å². The monoisotopic (exact) mass is 697 g/mol. The molecule has 272 valence electrons. The largest absolute Gasteiger partial charge is 0.507 e. The van der Waals surface area contributed by atoms with Crippen molar-refractivity contribution in [3.05, 3.63) is 53.3 Å². The zero-order valence-corrected chi connectivity index (χ0v) is 29.7. The Labute approximate surface area is 290 Å². The number of aliphatic hydroxyl groups excluding tert-OH is 2. The molecule has 0 unspecified atom stereocenters. The Hall–Kier alpha value is -4.59. The molecule has 0 saturated carbocycles. The average molecular weight is 698 g/mol. The molecule has 2 aromatic rings. The lowest BCUT2D eigenvalue weighted by atomic mass is 9.78. The number of hydrogen-bond acceptors (Lipinski definition) is 12. The van der Waals surface area contributed by atoms with Crippen LogP contribution in [0.25, 0.3) is 10.8 Å². The first kappa shape index (κ1) is 38.2. The normalized spacial score (nSPS) is 32.2. The minimum atomic E-state index is -1.98. The van der Waals surface area contributed by atoms with Crippen LogP contribution in [-0.4, -0.2) is 80.5 Å². The van der Waals surface area contributed by atoms with Gasteiger partial charge >= 0.3 is 11.8 Å². The SMILES string of the molecule is CO[C@@H]1/C=C\O[C@]2(C)Oc3c(C)c(O)c4c(O)c(cc(O)c4c3C2=O)NC(=O)C(C)=C/C=C\[C@H](C)[C@@H](O)[C@H](C)[C@H](O)[C@H](C)[C@H](OC(C)=O)[C@@H]1C. The number of esters is 1. The smallest absolute Gasteiger partial charge is 0.312 e. The number of allylic oxidation sites excluding steroid dienone is 2. The molecule has 9 atom stereocenters. The lowest BCUT2D eigenvalue weighted by Crippen LogP contribution is -2.46. The number of rotatable bonds is 2. The molecular formula is C37H47NO12. The van der Waals surface area contributed by atoms with E-state index < -0.39 is 88.8 Å². The molecule has 3 aliphatic rings. The lowest BCUT2D eigenvalue weighted by molar-refractivity contribution is -0.160. The summed E-state index contributed by atoms with van der Waals surface area (Å²) in [5.74, 6) is -7.99. The molecule has 3 heterocycles. The zero-order valence-electron chi connectivity index (χ0n) is 29.7. The molecule has 0 saturated heterocycles. The molecule has 0 spiro atoms. The van der Waals surface area contributed by atoms with Crippen molar-refractivity contribution >= 4 is 34.1 Å². The fraction of sp³-hybridized carbons (Fsp3) is 0.486. The highest BCUT2D eigenvalue weighted by molar-refractivity contribution is 6.21. The van der Waals surface area contributed by atoms with Crippen LogP contribution in [0.1, 0.15) is 64.4 Å². The Bertz CT molecular complexity index is 1760. The number of ketones is 1. The molecule has 0 aromatic heterocycles. The minimum Gasteiger partial charge on any atom is -0.507 e. The van der Waals surface area contributed by atoms with Gasteiger partial charge in [0.2, 0.25) is 0 Å². The molecule has 13 heteroatoms. The van der Waals surface area contributed by atoms with E-state index in [4.69, 9.17) is 18.9 Å². The van der Waals surface area contributed by atoms with Gasteiger partial charge in [-0.3, -0.25) is 14.4 Å². The maximum Gasteiger partial charge on any atom is 0.312 e. The number of hydrogen-bond donors (Lipinski definition) is 6. The number of carbonyl (C=O) groups is 3. The average Bonchev–Trinajstić information content (AvgIpc) is 3.33. The summed E-state index contributed by atoms with van der Waals surface area (Å²) in [4.78, 5) is 39.2. The van der Waals surface area contributed by atoms with E-state index in [2.05, 4.69) is 5.32 Å². The Morgan fingerprint density at radius 2 is 1.60 bits per heavy atom. The molecular weight excluding hydrogens is 650 g/mol. The number of amides is 1. The number of ether oxygens (including phenoxy) is 4. The molecule has 0 fully saturated rings. The third kappa shape index (κ3) is 7.03. The van der Waals surface area contributed by atoms with Crippen molar-refractivity contribution in [2.75, 3.05) is 12.4 Å². The molecule has 2 aromatic carbocycles. The van der Waals surface area contributed by atoms with Crippen LogP contribution in [0, 0.1) is 30.6 Å². The van der Waals surface area contributed by atoms with Crippen LogP contribution in [-0.2, 0) is 23.8 Å². The predicted octanol–water partition coefficient (Wildman–Crippen LogP) is 4.75. The predicted molar refractivity (Wildman–Crippen MR) is 184 cm³/mol. The molecule has 6 N–H and O–H groups in total. The van der Waals surface area contributed by atoms with Crippen LogP contribution in [0.5, 0.6) is 23.0 Å². The van der Waals surface area contributed by atoms with Gasteiger partial charge in [0.1, 0.15) is 23.4 Å². The van der Waals surface area contributed by atoms with Gasteiger partial charge in [-0.05, 0) is 19.9 Å². The summed E-state index contributed by atoms with van der Waals surface area (Å²) in [5, 5.41) is 58.2. The summed E-state index contributed by atoms with van der Waals surface area (Å²) < 4.78 is 23.2. The van der Waals surface area contributed by atoms with Gasteiger partial charge in [0.25, 0.3) is 11.7 Å². The fourth-order valence-corrected chi connectivity index (χ4v) is 6.65. The van der Waals surface area contributed by atoms with Gasteiger partial charge in [-0.2, -0.15) is 0 Å². The van der Waals surface area contributed by atoms with Gasteiger partial charge in [-0.1, -0.05) is 45.9 Å². The van der Waals surface area contributed by atoms with Crippen molar-refractivity contribution in [2.24, 2.45) is 23.7 Å². The van der Waals surface area contributed by atoms with Crippen molar-refractivity contribution in [1.29, 1.82) is 0 Å². The summed E-state index contributed by atoms with van der Waals surface area (Å²) in [6, 6.07) is 1.06. The summed E-state index contributed by atoms with van der Waals surface area (Å²) in [7, 11) is 1.43. The van der Waals surface area contributed by atoms with Crippen molar-refractivity contribution in [2.45, 2.75) is 85.6 Å². The quantitative estimate of drug-likeness (QED) is 0.143. The third-order valence-electron chi connectivity index (χ3n) is 9.84. The minimum absolute atomic E-state index is 0.0709. The Kier molecular flexibility index (Phi) is 11.2. The van der Waals surface area contributed by atoms with E-state index >= 15 is 0 Å². The number of methoxy groups -OCH3 is 1. The second kappa shape index (κ2) is 14.7. The number of benzene rings is 2. The van der Waals surface area contributed by atoms with Gasteiger partial charge < -0.3 is 49.8 Å². The topological polar surface area (TPSA) is 201 Å². The van der Waals surface area contributed by atoms with Crippen molar-refractivity contribution in [1.82, 2.24) is 0 Å². The van der Waals surface area contributed by atoms with E-state index in [0.29, 0.717) is 0 Å². The third-order valence-corrected chi connectivity index (χ3v) is 9.84. The first-order valence-corrected chi connectivity index (χ1v) is 16.4. The van der Waals surface area contributed by atoms with Gasteiger partial charge in [-0.15, -0.1) is 0 Å². The van der Waals surface area contributed by atoms with Crippen LogP contribution >= 0.6 is 0 Å². The summed E-state index contributed by atoms with van der Waals surface area (Å²) in [6.07, 6.45) is 3.62. The molecule has 5 rings (SSSR count). The van der Waals surface area contributed by atoms with Gasteiger partial charge in [0.05, 0.1) is 41.2 Å². The van der Waals surface area contributed by atoms with E-state index in [1.54, 1.807) is 39.8 Å². The molecule has 0 radical (unpaired) electrons. The first-order chi connectivity index (χ1) is 23.4. The van der Waals surface area contributed by atoms with Gasteiger partial charge in [0, 0.05) is 67.2 Å². The number of phenolic OH excluding ortho intramolecular Hbond substituents is 3. The molecule has 5 bridgehead atoms. The Morgan fingerprint density at radius 1 is 0.940 bits per heavy atom. The number of aromatic hydroxyl groups is 3. The second-order valence-corrected chi connectivity index (χ2v) is 13.4. The van der Waals surface area contributed by atoms with Crippen molar-refractivity contribution in [3.63, 3.8) is 0 Å². The Balaban J connectivity index is 1.87. The van der Waals surface area contributed by atoms with E-state index in [0.717, 1.165) is 6.07 Å². The van der Waals surface area contributed by atoms with E-state index in [-0.39, 0.29) is 38.9 Å². The van der Waals surface area contributed by atoms with Gasteiger partial charge in [-0.25, -0.2) is 0 Å². The highest BCUT2D eigenvalue weighted by Gasteiger charge is 2.49. The van der Waals surface area contributed by atoms with E-state index in [1.807, 2.05) is 0 Å². The van der Waals surface area contributed by atoms with Crippen LogP contribution < -0.4 is 10.1 Å². The fourth-order valence-electron chi connectivity index (χ4n) is 6.65. The molecule has 3 aliphatic heterocycles. The van der Waals surface area contributed by atoms with Crippen LogP contribution in [0.2, 0.25) is 0 Å². The van der Waals surface area contributed by atoms with Crippen molar-refractivity contribution < 1.29 is 58.9 Å². The zero-order chi connectivity index (χ0) is 37.4.